The van der Waals surface area contributed by atoms with E-state index in [4.69, 9.17) is 5.73 Å². The van der Waals surface area contributed by atoms with Gasteiger partial charge in [0.2, 0.25) is 5.91 Å². The third kappa shape index (κ3) is 3.50. The minimum absolute atomic E-state index is 0.0309. The predicted octanol–water partition coefficient (Wildman–Crippen LogP) is 1.43. The van der Waals surface area contributed by atoms with Gasteiger partial charge in [-0.3, -0.25) is 9.20 Å². The highest BCUT2D eigenvalue weighted by Crippen LogP contribution is 2.22. The zero-order valence-electron chi connectivity index (χ0n) is 15.0. The van der Waals surface area contributed by atoms with E-state index < -0.39 is 11.6 Å². The third-order valence-corrected chi connectivity index (χ3v) is 4.73. The van der Waals surface area contributed by atoms with Crippen molar-refractivity contribution < 1.29 is 13.6 Å². The lowest BCUT2D eigenvalue weighted by Crippen LogP contribution is -2.47. The lowest BCUT2D eigenvalue weighted by molar-refractivity contribution is -0.130. The van der Waals surface area contributed by atoms with Crippen LogP contribution in [0, 0.1) is 11.6 Å². The average molecular weight is 387 g/mol. The summed E-state index contributed by atoms with van der Waals surface area (Å²) in [5.41, 5.74) is 6.40. The Morgan fingerprint density at radius 3 is 2.96 bits per heavy atom. The summed E-state index contributed by atoms with van der Waals surface area (Å²) in [5.74, 6) is -0.927. The van der Waals surface area contributed by atoms with Gasteiger partial charge in [0.15, 0.2) is 17.5 Å². The molecule has 1 amide bonds. The third-order valence-electron chi connectivity index (χ3n) is 4.73. The first-order valence-electron chi connectivity index (χ1n) is 8.95. The zero-order chi connectivity index (χ0) is 19.7. The maximum atomic E-state index is 14.3. The van der Waals surface area contributed by atoms with Crippen molar-refractivity contribution in [3.05, 3.63) is 42.4 Å². The van der Waals surface area contributed by atoms with Crippen LogP contribution < -0.4 is 11.1 Å². The molecule has 0 bridgehead atoms. The van der Waals surface area contributed by atoms with Gasteiger partial charge >= 0.3 is 0 Å². The van der Waals surface area contributed by atoms with E-state index >= 15 is 0 Å². The Kier molecular flexibility index (Phi) is 4.86. The summed E-state index contributed by atoms with van der Waals surface area (Å²) in [6.07, 6.45) is 5.40. The highest BCUT2D eigenvalue weighted by Gasteiger charge is 2.24. The number of hydrogen-bond donors (Lipinski definition) is 2. The molecule has 3 aromatic heterocycles. The Labute approximate surface area is 159 Å². The van der Waals surface area contributed by atoms with E-state index in [0.29, 0.717) is 24.4 Å². The average Bonchev–Trinajstić information content (AvgIpc) is 3.12. The fourth-order valence-corrected chi connectivity index (χ4v) is 3.36. The molecule has 1 fully saturated rings. The number of hydrogen-bond acceptors (Lipinski definition) is 6. The van der Waals surface area contributed by atoms with E-state index in [0.717, 1.165) is 19.0 Å². The predicted molar refractivity (Wildman–Crippen MR) is 98.4 cm³/mol. The van der Waals surface area contributed by atoms with Crippen LogP contribution in [0.5, 0.6) is 0 Å². The molecule has 1 saturated heterocycles. The number of likely N-dealkylation sites (tertiary alicyclic amines) is 1. The van der Waals surface area contributed by atoms with Gasteiger partial charge in [-0.2, -0.15) is 0 Å². The molecule has 0 aliphatic carbocycles. The van der Waals surface area contributed by atoms with Crippen LogP contribution in [0.25, 0.3) is 17.2 Å². The standard InChI is InChI=1S/C18H19F2N7O/c19-11-3-4-15-22-8-14(27(15)9-11)18-23-7-13(20)17(25-18)24-12-2-1-5-26(10-12)16(28)6-21/h3-4,7-9,12H,1-2,5-6,10,21H2,(H,23,24,25). The van der Waals surface area contributed by atoms with Crippen LogP contribution in [0.2, 0.25) is 0 Å². The quantitative estimate of drug-likeness (QED) is 0.702. The van der Waals surface area contributed by atoms with E-state index in [1.165, 1.54) is 28.9 Å². The van der Waals surface area contributed by atoms with E-state index in [2.05, 4.69) is 20.3 Å². The van der Waals surface area contributed by atoms with Gasteiger partial charge in [-0.15, -0.1) is 0 Å². The van der Waals surface area contributed by atoms with Gasteiger partial charge < -0.3 is 16.0 Å². The molecule has 10 heteroatoms. The molecule has 0 spiro atoms. The zero-order valence-corrected chi connectivity index (χ0v) is 15.0. The molecular formula is C18H19F2N7O. The van der Waals surface area contributed by atoms with Crippen LogP contribution in [0.4, 0.5) is 14.6 Å². The molecule has 3 N–H and O–H groups in total. The molecule has 1 aliphatic rings. The summed E-state index contributed by atoms with van der Waals surface area (Å²) in [6.45, 7) is 1.01. The Morgan fingerprint density at radius 2 is 2.14 bits per heavy atom. The molecule has 1 aliphatic heterocycles. The molecule has 4 rings (SSSR count). The van der Waals surface area contributed by atoms with Gasteiger partial charge in [-0.05, 0) is 25.0 Å². The number of piperidine rings is 1. The monoisotopic (exact) mass is 387 g/mol. The van der Waals surface area contributed by atoms with Crippen molar-refractivity contribution in [2.24, 2.45) is 5.73 Å². The second-order valence-corrected chi connectivity index (χ2v) is 6.64. The van der Waals surface area contributed by atoms with E-state index in [9.17, 15) is 13.6 Å². The number of anilines is 1. The molecule has 1 unspecified atom stereocenters. The summed E-state index contributed by atoms with van der Waals surface area (Å²) >= 11 is 0. The molecule has 146 valence electrons. The lowest BCUT2D eigenvalue weighted by Gasteiger charge is -2.33. The van der Waals surface area contributed by atoms with Crippen molar-refractivity contribution in [1.82, 2.24) is 24.3 Å². The Morgan fingerprint density at radius 1 is 1.29 bits per heavy atom. The maximum Gasteiger partial charge on any atom is 0.236 e. The number of fused-ring (bicyclic) bond motifs is 1. The van der Waals surface area contributed by atoms with Crippen LogP contribution in [-0.2, 0) is 4.79 Å². The lowest BCUT2D eigenvalue weighted by atomic mass is 10.1. The first-order valence-corrected chi connectivity index (χ1v) is 8.95. The van der Waals surface area contributed by atoms with Crippen molar-refractivity contribution >= 4 is 17.4 Å². The van der Waals surface area contributed by atoms with Gasteiger partial charge in [0.25, 0.3) is 0 Å². The second kappa shape index (κ2) is 7.47. The van der Waals surface area contributed by atoms with Crippen LogP contribution >= 0.6 is 0 Å². The number of pyridine rings is 1. The summed E-state index contributed by atoms with van der Waals surface area (Å²) in [7, 11) is 0. The molecule has 4 heterocycles. The number of nitrogens with two attached hydrogens (primary N) is 1. The molecule has 0 aromatic carbocycles. The summed E-state index contributed by atoms with van der Waals surface area (Å²) in [6, 6.07) is 2.69. The van der Waals surface area contributed by atoms with Gasteiger partial charge in [-0.25, -0.2) is 23.7 Å². The smallest absolute Gasteiger partial charge is 0.236 e. The van der Waals surface area contributed by atoms with Crippen LogP contribution in [0.1, 0.15) is 12.8 Å². The van der Waals surface area contributed by atoms with Crippen LogP contribution in [0.15, 0.2) is 30.7 Å². The van der Waals surface area contributed by atoms with E-state index in [1.807, 2.05) is 0 Å². The summed E-state index contributed by atoms with van der Waals surface area (Å²) in [5, 5.41) is 3.06. The van der Waals surface area contributed by atoms with Crippen molar-refractivity contribution in [2.45, 2.75) is 18.9 Å². The minimum atomic E-state index is -0.606. The molecule has 0 saturated carbocycles. The minimum Gasteiger partial charge on any atom is -0.363 e. The van der Waals surface area contributed by atoms with E-state index in [-0.39, 0.29) is 30.1 Å². The molecule has 28 heavy (non-hydrogen) atoms. The highest BCUT2D eigenvalue weighted by molar-refractivity contribution is 5.78. The number of nitrogens with zero attached hydrogens (tertiary/aromatic N) is 5. The molecular weight excluding hydrogens is 368 g/mol. The van der Waals surface area contributed by atoms with Gasteiger partial charge in [0.05, 0.1) is 18.9 Å². The van der Waals surface area contributed by atoms with Crippen LogP contribution in [-0.4, -0.2) is 55.8 Å². The van der Waals surface area contributed by atoms with E-state index in [1.54, 1.807) is 4.90 Å². The highest BCUT2D eigenvalue weighted by atomic mass is 19.1. The largest absolute Gasteiger partial charge is 0.363 e. The summed E-state index contributed by atoms with van der Waals surface area (Å²) in [4.78, 5) is 26.0. The topological polar surface area (TPSA) is 101 Å². The van der Waals surface area contributed by atoms with Crippen molar-refractivity contribution in [3.8, 4) is 11.5 Å². The second-order valence-electron chi connectivity index (χ2n) is 6.64. The van der Waals surface area contributed by atoms with Crippen molar-refractivity contribution in [3.63, 3.8) is 0 Å². The molecule has 8 nitrogen and oxygen atoms in total. The molecule has 0 radical (unpaired) electrons. The first-order chi connectivity index (χ1) is 13.5. The van der Waals surface area contributed by atoms with Crippen molar-refractivity contribution in [1.29, 1.82) is 0 Å². The molecule has 1 atom stereocenters. The number of nitrogens with one attached hydrogen (secondary N) is 1. The summed E-state index contributed by atoms with van der Waals surface area (Å²) < 4.78 is 29.4. The normalized spacial score (nSPS) is 17.1. The fraction of sp³-hybridized carbons (Fsp3) is 0.333. The number of rotatable bonds is 4. The molecule has 3 aromatic rings. The number of imidazole rings is 1. The number of halogens is 2. The first kappa shape index (κ1) is 18.2. The number of carbonyl (C=O) groups is 1. The number of amides is 1. The van der Waals surface area contributed by atoms with Crippen molar-refractivity contribution in [2.75, 3.05) is 25.0 Å². The Bertz CT molecular complexity index is 1020. The Balaban J connectivity index is 1.60. The number of carbonyl (C=O) groups excluding carboxylic acids is 1. The number of aromatic nitrogens is 4. The SMILES string of the molecule is NCC(=O)N1CCCC(Nc2nc(-c3cnc4ccc(F)cn34)ncc2F)C1. The van der Waals surface area contributed by atoms with Gasteiger partial charge in [0.1, 0.15) is 17.2 Å². The van der Waals surface area contributed by atoms with Crippen LogP contribution in [0.3, 0.4) is 0 Å². The Hall–Kier alpha value is -3.14. The fourth-order valence-electron chi connectivity index (χ4n) is 3.36. The maximum absolute atomic E-state index is 14.3. The van der Waals surface area contributed by atoms with Gasteiger partial charge in [0, 0.05) is 25.3 Å². The van der Waals surface area contributed by atoms with Gasteiger partial charge in [-0.1, -0.05) is 0 Å².